The summed E-state index contributed by atoms with van der Waals surface area (Å²) < 4.78 is 16.4. The van der Waals surface area contributed by atoms with Crippen LogP contribution in [0.5, 0.6) is 17.2 Å². The Morgan fingerprint density at radius 2 is 1.57 bits per heavy atom. The number of hydrogen-bond acceptors (Lipinski definition) is 4. The van der Waals surface area contributed by atoms with E-state index in [9.17, 15) is 5.11 Å². The minimum absolute atomic E-state index is 0.292. The van der Waals surface area contributed by atoms with Crippen LogP contribution in [0.4, 0.5) is 0 Å². The standard InChI is InChI=1S/C17H18O4/c1-19-12-8-13(20-2)10-14(9-12)21-16-7-11-5-3-4-6-15(11)17(16)18/h3-6,8-10,16-18H,7H2,1-2H3. The van der Waals surface area contributed by atoms with E-state index in [0.29, 0.717) is 23.7 Å². The van der Waals surface area contributed by atoms with Crippen LogP contribution < -0.4 is 14.2 Å². The Bertz CT molecular complexity index is 616. The Hall–Kier alpha value is -2.20. The largest absolute Gasteiger partial charge is 0.496 e. The van der Waals surface area contributed by atoms with Gasteiger partial charge in [-0.2, -0.15) is 0 Å². The van der Waals surface area contributed by atoms with Gasteiger partial charge in [0.25, 0.3) is 0 Å². The molecule has 0 fully saturated rings. The molecule has 2 unspecified atom stereocenters. The van der Waals surface area contributed by atoms with Crippen molar-refractivity contribution >= 4 is 0 Å². The van der Waals surface area contributed by atoms with Gasteiger partial charge in [0.15, 0.2) is 0 Å². The third-order valence-electron chi connectivity index (χ3n) is 3.76. The molecule has 1 aliphatic rings. The predicted octanol–water partition coefficient (Wildman–Crippen LogP) is 2.74. The van der Waals surface area contributed by atoms with Crippen LogP contribution >= 0.6 is 0 Å². The molecular formula is C17H18O4. The lowest BCUT2D eigenvalue weighted by Crippen LogP contribution is -2.21. The average molecular weight is 286 g/mol. The van der Waals surface area contributed by atoms with E-state index in [1.54, 1.807) is 32.4 Å². The molecule has 0 aromatic heterocycles. The van der Waals surface area contributed by atoms with Gasteiger partial charge < -0.3 is 19.3 Å². The summed E-state index contributed by atoms with van der Waals surface area (Å²) in [4.78, 5) is 0. The van der Waals surface area contributed by atoms with Gasteiger partial charge in [-0.1, -0.05) is 24.3 Å². The Kier molecular flexibility index (Phi) is 3.71. The van der Waals surface area contributed by atoms with Crippen LogP contribution in [-0.2, 0) is 6.42 Å². The number of benzene rings is 2. The molecule has 1 N–H and O–H groups in total. The smallest absolute Gasteiger partial charge is 0.133 e. The van der Waals surface area contributed by atoms with Crippen LogP contribution in [0.2, 0.25) is 0 Å². The van der Waals surface area contributed by atoms with E-state index in [-0.39, 0.29) is 6.10 Å². The zero-order chi connectivity index (χ0) is 14.8. The number of aliphatic hydroxyl groups excluding tert-OH is 1. The van der Waals surface area contributed by atoms with E-state index >= 15 is 0 Å². The summed E-state index contributed by atoms with van der Waals surface area (Å²) in [6.45, 7) is 0. The molecule has 0 saturated heterocycles. The number of fused-ring (bicyclic) bond motifs is 1. The third-order valence-corrected chi connectivity index (χ3v) is 3.76. The first-order chi connectivity index (χ1) is 10.2. The first kappa shape index (κ1) is 13.8. The number of hydrogen-bond donors (Lipinski definition) is 1. The van der Waals surface area contributed by atoms with E-state index in [0.717, 1.165) is 11.1 Å². The van der Waals surface area contributed by atoms with Crippen molar-refractivity contribution < 1.29 is 19.3 Å². The minimum atomic E-state index is -0.613. The van der Waals surface area contributed by atoms with Crippen LogP contribution in [0.3, 0.4) is 0 Å². The van der Waals surface area contributed by atoms with Gasteiger partial charge in [-0.25, -0.2) is 0 Å². The van der Waals surface area contributed by atoms with Gasteiger partial charge in [0.2, 0.25) is 0 Å². The Morgan fingerprint density at radius 3 is 2.19 bits per heavy atom. The molecule has 0 spiro atoms. The van der Waals surface area contributed by atoms with E-state index in [1.807, 2.05) is 24.3 Å². The highest BCUT2D eigenvalue weighted by Gasteiger charge is 2.32. The predicted molar refractivity (Wildman–Crippen MR) is 79.1 cm³/mol. The zero-order valence-corrected chi connectivity index (χ0v) is 12.1. The lowest BCUT2D eigenvalue weighted by Gasteiger charge is -2.18. The van der Waals surface area contributed by atoms with Crippen molar-refractivity contribution in [3.05, 3.63) is 53.6 Å². The first-order valence-corrected chi connectivity index (χ1v) is 6.87. The highest BCUT2D eigenvalue weighted by molar-refractivity contribution is 5.43. The molecule has 110 valence electrons. The van der Waals surface area contributed by atoms with E-state index in [4.69, 9.17) is 14.2 Å². The van der Waals surface area contributed by atoms with Crippen molar-refractivity contribution in [1.82, 2.24) is 0 Å². The van der Waals surface area contributed by atoms with Crippen LogP contribution in [0, 0.1) is 0 Å². The normalized spacial score (nSPS) is 20.0. The first-order valence-electron chi connectivity index (χ1n) is 6.87. The van der Waals surface area contributed by atoms with Gasteiger partial charge >= 0.3 is 0 Å². The maximum atomic E-state index is 10.4. The Morgan fingerprint density at radius 1 is 0.952 bits per heavy atom. The van der Waals surface area contributed by atoms with Gasteiger partial charge in [0.05, 0.1) is 14.2 Å². The molecule has 1 aliphatic carbocycles. The number of rotatable bonds is 4. The molecule has 2 aromatic rings. The second-order valence-corrected chi connectivity index (χ2v) is 5.05. The maximum Gasteiger partial charge on any atom is 0.133 e. The number of ether oxygens (including phenoxy) is 3. The zero-order valence-electron chi connectivity index (χ0n) is 12.1. The number of aliphatic hydroxyl groups is 1. The lowest BCUT2D eigenvalue weighted by atomic mass is 10.1. The molecule has 2 atom stereocenters. The van der Waals surface area contributed by atoms with Crippen molar-refractivity contribution in [1.29, 1.82) is 0 Å². The summed E-state index contributed by atoms with van der Waals surface area (Å²) in [6.07, 6.45) is -0.214. The highest BCUT2D eigenvalue weighted by atomic mass is 16.5. The summed E-state index contributed by atoms with van der Waals surface area (Å²) in [5.41, 5.74) is 2.07. The Labute approximate surface area is 123 Å². The second kappa shape index (κ2) is 5.66. The fraction of sp³-hybridized carbons (Fsp3) is 0.294. The van der Waals surface area contributed by atoms with Gasteiger partial charge in [-0.3, -0.25) is 0 Å². The monoisotopic (exact) mass is 286 g/mol. The quantitative estimate of drug-likeness (QED) is 0.939. The van der Waals surface area contributed by atoms with E-state index in [2.05, 4.69) is 0 Å². The van der Waals surface area contributed by atoms with Crippen LogP contribution in [0.15, 0.2) is 42.5 Å². The molecule has 2 aromatic carbocycles. The summed E-state index contributed by atoms with van der Waals surface area (Å²) >= 11 is 0. The van der Waals surface area contributed by atoms with Gasteiger partial charge in [-0.15, -0.1) is 0 Å². The molecule has 0 saturated carbocycles. The van der Waals surface area contributed by atoms with E-state index < -0.39 is 6.10 Å². The molecule has 0 aliphatic heterocycles. The van der Waals surface area contributed by atoms with Crippen molar-refractivity contribution in [2.24, 2.45) is 0 Å². The molecule has 0 amide bonds. The summed E-state index contributed by atoms with van der Waals surface area (Å²) in [5, 5.41) is 10.4. The van der Waals surface area contributed by atoms with Crippen molar-refractivity contribution in [3.63, 3.8) is 0 Å². The van der Waals surface area contributed by atoms with Crippen molar-refractivity contribution in [2.45, 2.75) is 18.6 Å². The SMILES string of the molecule is COc1cc(OC)cc(OC2Cc3ccccc3C2O)c1. The fourth-order valence-electron chi connectivity index (χ4n) is 2.67. The highest BCUT2D eigenvalue weighted by Crippen LogP contribution is 2.35. The molecular weight excluding hydrogens is 268 g/mol. The minimum Gasteiger partial charge on any atom is -0.496 e. The van der Waals surface area contributed by atoms with Gasteiger partial charge in [0, 0.05) is 24.6 Å². The van der Waals surface area contributed by atoms with Crippen LogP contribution in [0.25, 0.3) is 0 Å². The Balaban J connectivity index is 1.82. The maximum absolute atomic E-state index is 10.4. The molecule has 0 bridgehead atoms. The number of methoxy groups -OCH3 is 2. The van der Waals surface area contributed by atoms with Crippen LogP contribution in [-0.4, -0.2) is 25.4 Å². The fourth-order valence-corrected chi connectivity index (χ4v) is 2.67. The lowest BCUT2D eigenvalue weighted by molar-refractivity contribution is 0.0491. The van der Waals surface area contributed by atoms with Crippen molar-refractivity contribution in [2.75, 3.05) is 14.2 Å². The van der Waals surface area contributed by atoms with Gasteiger partial charge in [-0.05, 0) is 11.1 Å². The van der Waals surface area contributed by atoms with Crippen LogP contribution in [0.1, 0.15) is 17.2 Å². The summed E-state index contributed by atoms with van der Waals surface area (Å²) in [7, 11) is 3.19. The molecule has 4 nitrogen and oxygen atoms in total. The topological polar surface area (TPSA) is 47.9 Å². The summed E-state index contributed by atoms with van der Waals surface area (Å²) in [5.74, 6) is 1.95. The third kappa shape index (κ3) is 2.67. The molecule has 0 radical (unpaired) electrons. The van der Waals surface area contributed by atoms with Crippen molar-refractivity contribution in [3.8, 4) is 17.2 Å². The summed E-state index contributed by atoms with van der Waals surface area (Å²) in [6, 6.07) is 13.2. The molecule has 0 heterocycles. The molecule has 4 heteroatoms. The second-order valence-electron chi connectivity index (χ2n) is 5.05. The average Bonchev–Trinajstić information content (AvgIpc) is 2.83. The molecule has 21 heavy (non-hydrogen) atoms. The molecule has 3 rings (SSSR count). The van der Waals surface area contributed by atoms with Gasteiger partial charge in [0.1, 0.15) is 29.5 Å². The van der Waals surface area contributed by atoms with E-state index in [1.165, 1.54) is 0 Å².